The first-order chi connectivity index (χ1) is 11.3. The molecule has 0 aliphatic rings. The van der Waals surface area contributed by atoms with Gasteiger partial charge in [0, 0.05) is 16.4 Å². The van der Waals surface area contributed by atoms with Gasteiger partial charge >= 0.3 is 0 Å². The van der Waals surface area contributed by atoms with E-state index in [0.29, 0.717) is 5.76 Å². The van der Waals surface area contributed by atoms with Crippen LogP contribution in [0, 0.1) is 12.3 Å². The highest BCUT2D eigenvalue weighted by atomic mass is 16.5. The monoisotopic (exact) mass is 322 g/mol. The maximum Gasteiger partial charge on any atom is 0.203 e. The summed E-state index contributed by atoms with van der Waals surface area (Å²) >= 11 is 0. The molecule has 1 aromatic heterocycles. The third-order valence-electron chi connectivity index (χ3n) is 4.11. The minimum Gasteiger partial charge on any atom is -0.497 e. The highest BCUT2D eigenvalue weighted by Crippen LogP contribution is 2.38. The van der Waals surface area contributed by atoms with Gasteiger partial charge in [0.05, 0.1) is 7.11 Å². The van der Waals surface area contributed by atoms with Crippen molar-refractivity contribution in [2.75, 3.05) is 7.11 Å². The van der Waals surface area contributed by atoms with Gasteiger partial charge < -0.3 is 9.15 Å². The number of ether oxygens (including phenoxy) is 1. The van der Waals surface area contributed by atoms with Gasteiger partial charge in [0.2, 0.25) is 5.78 Å². The minimum atomic E-state index is -0.510. The number of Topliss-reactive ketones (excluding diaryl/α,β-unsaturated/α-hetero) is 1. The van der Waals surface area contributed by atoms with Crippen molar-refractivity contribution < 1.29 is 13.9 Å². The molecule has 0 aliphatic carbocycles. The van der Waals surface area contributed by atoms with Gasteiger partial charge in [0.15, 0.2) is 5.76 Å². The lowest BCUT2D eigenvalue weighted by Gasteiger charge is -2.15. The number of aryl methyl sites for hydroxylation is 1. The molecule has 0 bridgehead atoms. The Morgan fingerprint density at radius 3 is 2.29 bits per heavy atom. The highest BCUT2D eigenvalue weighted by molar-refractivity contribution is 6.10. The van der Waals surface area contributed by atoms with Gasteiger partial charge in [-0.2, -0.15) is 0 Å². The SMILES string of the molecule is COc1ccc(-c2c(C(=O)C(C)(C)C)oc3ccc(C)cc23)cc1. The average Bonchev–Trinajstić information content (AvgIpc) is 2.91. The zero-order valence-electron chi connectivity index (χ0n) is 14.8. The fourth-order valence-corrected chi connectivity index (χ4v) is 2.76. The standard InChI is InChI=1S/C21H22O3/c1-13-6-11-17-16(12-13)18(14-7-9-15(23-5)10-8-14)19(24-17)20(22)21(2,3)4/h6-12H,1-5H3. The van der Waals surface area contributed by atoms with E-state index >= 15 is 0 Å². The molecular weight excluding hydrogens is 300 g/mol. The molecular formula is C21H22O3. The molecule has 3 rings (SSSR count). The summed E-state index contributed by atoms with van der Waals surface area (Å²) in [5.41, 5.74) is 3.17. The molecule has 0 N–H and O–H groups in total. The lowest BCUT2D eigenvalue weighted by Crippen LogP contribution is -2.20. The van der Waals surface area contributed by atoms with E-state index < -0.39 is 5.41 Å². The van der Waals surface area contributed by atoms with Gasteiger partial charge in [-0.15, -0.1) is 0 Å². The molecule has 24 heavy (non-hydrogen) atoms. The molecule has 0 saturated heterocycles. The number of carbonyl (C=O) groups excluding carboxylic acids is 1. The summed E-state index contributed by atoms with van der Waals surface area (Å²) in [6, 6.07) is 13.7. The van der Waals surface area contributed by atoms with Crippen LogP contribution in [0.1, 0.15) is 36.9 Å². The van der Waals surface area contributed by atoms with Crippen LogP contribution < -0.4 is 4.74 Å². The number of ketones is 1. The molecule has 0 amide bonds. The first kappa shape index (κ1) is 16.3. The van der Waals surface area contributed by atoms with Crippen LogP contribution in [0.2, 0.25) is 0 Å². The van der Waals surface area contributed by atoms with Crippen LogP contribution in [0.4, 0.5) is 0 Å². The van der Waals surface area contributed by atoms with Gasteiger partial charge in [-0.1, -0.05) is 44.5 Å². The molecule has 0 aliphatic heterocycles. The Hall–Kier alpha value is -2.55. The molecule has 0 unspecified atom stereocenters. The molecule has 3 aromatic rings. The summed E-state index contributed by atoms with van der Waals surface area (Å²) < 4.78 is 11.2. The van der Waals surface area contributed by atoms with E-state index in [0.717, 1.165) is 33.4 Å². The number of hydrogen-bond donors (Lipinski definition) is 0. The van der Waals surface area contributed by atoms with Crippen LogP contribution in [0.5, 0.6) is 5.75 Å². The number of hydrogen-bond acceptors (Lipinski definition) is 3. The summed E-state index contributed by atoms with van der Waals surface area (Å²) in [5.74, 6) is 1.21. The Balaban J connectivity index is 2.29. The van der Waals surface area contributed by atoms with Crippen molar-refractivity contribution in [3.05, 3.63) is 53.8 Å². The molecule has 0 fully saturated rings. The predicted octanol–water partition coefficient (Wildman–Crippen LogP) is 5.65. The third kappa shape index (κ3) is 2.82. The lowest BCUT2D eigenvalue weighted by molar-refractivity contribution is 0.0832. The fraction of sp³-hybridized carbons (Fsp3) is 0.286. The highest BCUT2D eigenvalue weighted by Gasteiger charge is 2.30. The van der Waals surface area contributed by atoms with Crippen molar-refractivity contribution in [3.8, 4) is 16.9 Å². The first-order valence-corrected chi connectivity index (χ1v) is 8.03. The van der Waals surface area contributed by atoms with Crippen LogP contribution in [-0.4, -0.2) is 12.9 Å². The van der Waals surface area contributed by atoms with Gasteiger partial charge in [0.1, 0.15) is 11.3 Å². The van der Waals surface area contributed by atoms with Crippen LogP contribution in [-0.2, 0) is 0 Å². The van der Waals surface area contributed by atoms with Crippen molar-refractivity contribution in [3.63, 3.8) is 0 Å². The van der Waals surface area contributed by atoms with E-state index in [4.69, 9.17) is 9.15 Å². The number of furan rings is 1. The van der Waals surface area contributed by atoms with E-state index in [2.05, 4.69) is 6.07 Å². The second-order valence-corrected chi connectivity index (χ2v) is 7.11. The summed E-state index contributed by atoms with van der Waals surface area (Å²) in [6.45, 7) is 7.76. The molecule has 1 heterocycles. The van der Waals surface area contributed by atoms with E-state index in [-0.39, 0.29) is 5.78 Å². The Labute approximate surface area is 142 Å². The maximum absolute atomic E-state index is 12.9. The molecule has 0 radical (unpaired) electrons. The van der Waals surface area contributed by atoms with Crippen molar-refractivity contribution >= 4 is 16.8 Å². The van der Waals surface area contributed by atoms with E-state index in [9.17, 15) is 4.79 Å². The number of benzene rings is 2. The van der Waals surface area contributed by atoms with Crippen molar-refractivity contribution in [2.45, 2.75) is 27.7 Å². The van der Waals surface area contributed by atoms with Gasteiger partial charge in [0.25, 0.3) is 0 Å². The second-order valence-electron chi connectivity index (χ2n) is 7.11. The summed E-state index contributed by atoms with van der Waals surface area (Å²) in [7, 11) is 1.64. The Morgan fingerprint density at radius 2 is 1.71 bits per heavy atom. The third-order valence-corrected chi connectivity index (χ3v) is 4.11. The maximum atomic E-state index is 12.9. The molecule has 0 saturated carbocycles. The zero-order chi connectivity index (χ0) is 17.5. The molecule has 0 atom stereocenters. The van der Waals surface area contributed by atoms with Crippen molar-refractivity contribution in [1.29, 1.82) is 0 Å². The molecule has 2 aromatic carbocycles. The largest absolute Gasteiger partial charge is 0.497 e. The fourth-order valence-electron chi connectivity index (χ4n) is 2.76. The number of fused-ring (bicyclic) bond motifs is 1. The van der Waals surface area contributed by atoms with Crippen LogP contribution in [0.3, 0.4) is 0 Å². The lowest BCUT2D eigenvalue weighted by atomic mass is 9.86. The van der Waals surface area contributed by atoms with Crippen LogP contribution >= 0.6 is 0 Å². The van der Waals surface area contributed by atoms with Crippen molar-refractivity contribution in [1.82, 2.24) is 0 Å². The average molecular weight is 322 g/mol. The van der Waals surface area contributed by atoms with Crippen LogP contribution in [0.25, 0.3) is 22.1 Å². The first-order valence-electron chi connectivity index (χ1n) is 8.03. The number of rotatable bonds is 3. The van der Waals surface area contributed by atoms with Gasteiger partial charge in [-0.05, 0) is 36.8 Å². The minimum absolute atomic E-state index is 0.00201. The quantitative estimate of drug-likeness (QED) is 0.585. The summed E-state index contributed by atoms with van der Waals surface area (Å²) in [4.78, 5) is 12.9. The Morgan fingerprint density at radius 1 is 1.04 bits per heavy atom. The van der Waals surface area contributed by atoms with E-state index in [1.54, 1.807) is 7.11 Å². The van der Waals surface area contributed by atoms with Gasteiger partial charge in [-0.3, -0.25) is 4.79 Å². The summed E-state index contributed by atoms with van der Waals surface area (Å²) in [6.07, 6.45) is 0. The normalized spacial score (nSPS) is 11.7. The van der Waals surface area contributed by atoms with Crippen molar-refractivity contribution in [2.24, 2.45) is 5.41 Å². The Kier molecular flexibility index (Phi) is 3.96. The molecule has 0 spiro atoms. The number of methoxy groups -OCH3 is 1. The smallest absolute Gasteiger partial charge is 0.203 e. The molecule has 3 heteroatoms. The van der Waals surface area contributed by atoms with Gasteiger partial charge in [-0.25, -0.2) is 0 Å². The van der Waals surface area contributed by atoms with E-state index in [1.807, 2.05) is 64.1 Å². The molecule has 124 valence electrons. The zero-order valence-corrected chi connectivity index (χ0v) is 14.8. The Bertz CT molecular complexity index is 893. The number of carbonyl (C=O) groups is 1. The molecule has 3 nitrogen and oxygen atoms in total. The summed E-state index contributed by atoms with van der Waals surface area (Å²) in [5, 5.41) is 0.966. The second kappa shape index (κ2) is 5.82. The van der Waals surface area contributed by atoms with E-state index in [1.165, 1.54) is 0 Å². The van der Waals surface area contributed by atoms with Crippen LogP contribution in [0.15, 0.2) is 46.9 Å². The predicted molar refractivity (Wildman–Crippen MR) is 96.7 cm³/mol. The topological polar surface area (TPSA) is 39.4 Å².